The van der Waals surface area contributed by atoms with Crippen LogP contribution in [0.25, 0.3) is 0 Å². The highest BCUT2D eigenvalue weighted by Gasteiger charge is 2.16. The molecule has 2 rings (SSSR count). The van der Waals surface area contributed by atoms with Crippen molar-refractivity contribution in [3.8, 4) is 11.5 Å². The van der Waals surface area contributed by atoms with Gasteiger partial charge in [0.05, 0.1) is 32.5 Å². The lowest BCUT2D eigenvalue weighted by Gasteiger charge is -2.12. The Bertz CT molecular complexity index is 713. The van der Waals surface area contributed by atoms with Gasteiger partial charge in [0.25, 0.3) is 5.91 Å². The molecule has 0 bridgehead atoms. The summed E-state index contributed by atoms with van der Waals surface area (Å²) in [4.78, 5) is 22.8. The summed E-state index contributed by atoms with van der Waals surface area (Å²) in [5.74, 6) is -0.602. The van der Waals surface area contributed by atoms with Crippen LogP contribution in [0, 0.1) is 0 Å². The molecule has 9 nitrogen and oxygen atoms in total. The topological polar surface area (TPSA) is 116 Å². The van der Waals surface area contributed by atoms with E-state index in [9.17, 15) is 9.59 Å². The lowest BCUT2D eigenvalue weighted by Crippen LogP contribution is -2.23. The summed E-state index contributed by atoms with van der Waals surface area (Å²) >= 11 is 0. The van der Waals surface area contributed by atoms with Gasteiger partial charge in [-0.3, -0.25) is 9.59 Å². The summed E-state index contributed by atoms with van der Waals surface area (Å²) in [5, 5.41) is 18.8. The largest absolute Gasteiger partial charge is 0.493 e. The van der Waals surface area contributed by atoms with Crippen LogP contribution in [0.1, 0.15) is 16.1 Å². The Hall–Kier alpha value is -3.10. The summed E-state index contributed by atoms with van der Waals surface area (Å²) in [6, 6.07) is 4.98. The van der Waals surface area contributed by atoms with E-state index < -0.39 is 5.97 Å². The predicted octanol–water partition coefficient (Wildman–Crippen LogP) is 0.310. The third kappa shape index (κ3) is 3.96. The number of aliphatic carboxylic acids is 1. The number of nitrogens with zero attached hydrogens (tertiary/aromatic N) is 3. The van der Waals surface area contributed by atoms with Crippen molar-refractivity contribution in [2.45, 2.75) is 13.1 Å². The van der Waals surface area contributed by atoms with Crippen LogP contribution in [-0.2, 0) is 17.9 Å². The average Bonchev–Trinajstić information content (AvgIpc) is 2.98. The van der Waals surface area contributed by atoms with E-state index >= 15 is 0 Å². The van der Waals surface area contributed by atoms with Crippen LogP contribution < -0.4 is 14.8 Å². The van der Waals surface area contributed by atoms with Crippen LogP contribution in [-0.4, -0.2) is 46.2 Å². The number of hydrogen-bond acceptors (Lipinski definition) is 6. The van der Waals surface area contributed by atoms with Gasteiger partial charge in [0.15, 0.2) is 11.5 Å². The van der Waals surface area contributed by atoms with E-state index in [2.05, 4.69) is 15.6 Å². The molecule has 0 unspecified atom stereocenters. The molecular weight excluding hydrogens is 304 g/mol. The fraction of sp³-hybridized carbons (Fsp3) is 0.286. The Kier molecular flexibility index (Phi) is 5.13. The zero-order valence-electron chi connectivity index (χ0n) is 12.6. The van der Waals surface area contributed by atoms with Gasteiger partial charge in [-0.05, 0) is 12.1 Å². The zero-order valence-corrected chi connectivity index (χ0v) is 12.6. The van der Waals surface area contributed by atoms with Crippen molar-refractivity contribution < 1.29 is 24.2 Å². The first-order chi connectivity index (χ1) is 11.0. The van der Waals surface area contributed by atoms with Gasteiger partial charge in [-0.1, -0.05) is 11.3 Å². The lowest BCUT2D eigenvalue weighted by molar-refractivity contribution is -0.137. The molecule has 122 valence electrons. The molecule has 0 aliphatic carbocycles. The Morgan fingerprint density at radius 3 is 2.74 bits per heavy atom. The van der Waals surface area contributed by atoms with Crippen molar-refractivity contribution in [3.63, 3.8) is 0 Å². The zero-order chi connectivity index (χ0) is 16.8. The van der Waals surface area contributed by atoms with E-state index in [1.165, 1.54) is 25.1 Å². The molecule has 2 aromatic rings. The van der Waals surface area contributed by atoms with Crippen LogP contribution in [0.4, 0.5) is 0 Å². The highest BCUT2D eigenvalue weighted by atomic mass is 16.5. The lowest BCUT2D eigenvalue weighted by atomic mass is 10.1. The minimum absolute atomic E-state index is 0.110. The number of carboxylic acids is 1. The molecular formula is C14H16N4O5. The quantitative estimate of drug-likeness (QED) is 0.754. The van der Waals surface area contributed by atoms with E-state index in [1.807, 2.05) is 0 Å². The second kappa shape index (κ2) is 7.25. The van der Waals surface area contributed by atoms with Crippen molar-refractivity contribution >= 4 is 11.9 Å². The van der Waals surface area contributed by atoms with E-state index in [1.54, 1.807) is 18.2 Å². The first-order valence-corrected chi connectivity index (χ1v) is 6.65. The van der Waals surface area contributed by atoms with E-state index in [4.69, 9.17) is 14.6 Å². The van der Waals surface area contributed by atoms with Crippen molar-refractivity contribution in [1.82, 2.24) is 20.3 Å². The van der Waals surface area contributed by atoms with Gasteiger partial charge in [0, 0.05) is 0 Å². The number of carboxylic acid groups (broad SMARTS) is 1. The standard InChI is InChI=1S/C14H16N4O5/c1-22-11-5-3-4-10(13(11)23-2)14(21)15-6-9-7-18(17-16-9)8-12(19)20/h3-5,7H,6,8H2,1-2H3,(H,15,21)(H,19,20). The van der Waals surface area contributed by atoms with Crippen molar-refractivity contribution in [2.24, 2.45) is 0 Å². The Morgan fingerprint density at radius 2 is 2.09 bits per heavy atom. The van der Waals surface area contributed by atoms with Crippen LogP contribution in [0.15, 0.2) is 24.4 Å². The van der Waals surface area contributed by atoms with Gasteiger partial charge in [-0.15, -0.1) is 5.10 Å². The molecule has 0 radical (unpaired) electrons. The first-order valence-electron chi connectivity index (χ1n) is 6.65. The normalized spacial score (nSPS) is 10.2. The van der Waals surface area contributed by atoms with Crippen LogP contribution >= 0.6 is 0 Å². The van der Waals surface area contributed by atoms with Gasteiger partial charge in [-0.25, -0.2) is 4.68 Å². The predicted molar refractivity (Wildman–Crippen MR) is 78.4 cm³/mol. The second-order valence-corrected chi connectivity index (χ2v) is 4.52. The molecule has 0 atom stereocenters. The minimum Gasteiger partial charge on any atom is -0.493 e. The number of amides is 1. The number of aromatic nitrogens is 3. The third-order valence-electron chi connectivity index (χ3n) is 2.96. The number of benzene rings is 1. The first kappa shape index (κ1) is 16.3. The van der Waals surface area contributed by atoms with Gasteiger partial charge in [-0.2, -0.15) is 0 Å². The summed E-state index contributed by atoms with van der Waals surface area (Å²) in [7, 11) is 2.94. The summed E-state index contributed by atoms with van der Waals surface area (Å²) in [6.07, 6.45) is 1.46. The third-order valence-corrected chi connectivity index (χ3v) is 2.96. The van der Waals surface area contributed by atoms with Crippen molar-refractivity contribution in [3.05, 3.63) is 35.7 Å². The molecule has 0 saturated heterocycles. The van der Waals surface area contributed by atoms with Crippen LogP contribution in [0.3, 0.4) is 0 Å². The summed E-state index contributed by atoms with van der Waals surface area (Å²) in [6.45, 7) is -0.177. The molecule has 2 N–H and O–H groups in total. The summed E-state index contributed by atoms with van der Waals surface area (Å²) < 4.78 is 11.5. The maximum Gasteiger partial charge on any atom is 0.325 e. The SMILES string of the molecule is COc1cccc(C(=O)NCc2cn(CC(=O)O)nn2)c1OC. The number of hydrogen-bond donors (Lipinski definition) is 2. The number of rotatable bonds is 7. The smallest absolute Gasteiger partial charge is 0.325 e. The molecule has 1 aromatic heterocycles. The monoisotopic (exact) mass is 320 g/mol. The number of ether oxygens (including phenoxy) is 2. The molecule has 23 heavy (non-hydrogen) atoms. The van der Waals surface area contributed by atoms with E-state index in [-0.39, 0.29) is 19.0 Å². The molecule has 0 spiro atoms. The van der Waals surface area contributed by atoms with Gasteiger partial charge >= 0.3 is 5.97 Å². The number of carbonyl (C=O) groups excluding carboxylic acids is 1. The molecule has 1 aromatic carbocycles. The molecule has 0 aliphatic heterocycles. The number of methoxy groups -OCH3 is 2. The van der Waals surface area contributed by atoms with Gasteiger partial charge in [0.2, 0.25) is 0 Å². The summed E-state index contributed by atoms with van der Waals surface area (Å²) in [5.41, 5.74) is 0.770. The molecule has 0 saturated carbocycles. The Labute approximate surface area is 131 Å². The fourth-order valence-corrected chi connectivity index (χ4v) is 1.97. The number of nitrogens with one attached hydrogen (secondary N) is 1. The van der Waals surface area contributed by atoms with E-state index in [0.29, 0.717) is 22.8 Å². The maximum absolute atomic E-state index is 12.3. The van der Waals surface area contributed by atoms with Crippen molar-refractivity contribution in [1.29, 1.82) is 0 Å². The molecule has 0 fully saturated rings. The molecule has 1 heterocycles. The Morgan fingerprint density at radius 1 is 1.30 bits per heavy atom. The highest BCUT2D eigenvalue weighted by molar-refractivity contribution is 5.97. The Balaban J connectivity index is 2.05. The molecule has 9 heteroatoms. The fourth-order valence-electron chi connectivity index (χ4n) is 1.97. The molecule has 0 aliphatic rings. The molecule has 1 amide bonds. The number of carbonyl (C=O) groups is 2. The minimum atomic E-state index is -1.02. The van der Waals surface area contributed by atoms with Crippen LogP contribution in [0.5, 0.6) is 11.5 Å². The maximum atomic E-state index is 12.3. The van der Waals surface area contributed by atoms with Crippen molar-refractivity contribution in [2.75, 3.05) is 14.2 Å². The van der Waals surface area contributed by atoms with E-state index in [0.717, 1.165) is 0 Å². The highest BCUT2D eigenvalue weighted by Crippen LogP contribution is 2.30. The second-order valence-electron chi connectivity index (χ2n) is 4.52. The number of para-hydroxylation sites is 1. The van der Waals surface area contributed by atoms with Gasteiger partial charge < -0.3 is 19.9 Å². The van der Waals surface area contributed by atoms with Gasteiger partial charge in [0.1, 0.15) is 12.2 Å². The van der Waals surface area contributed by atoms with Crippen LogP contribution in [0.2, 0.25) is 0 Å². The average molecular weight is 320 g/mol.